The Bertz CT molecular complexity index is 19.1. The van der Waals surface area contributed by atoms with E-state index in [2.05, 4.69) is 0 Å². The second-order valence-electron chi connectivity index (χ2n) is 0.894. The predicted molar refractivity (Wildman–Crippen MR) is 29.9 cm³/mol. The maximum absolute atomic E-state index is 4.80. The normalized spacial score (nSPS) is 11.2. The summed E-state index contributed by atoms with van der Waals surface area (Å²) >= 11 is 0. The molecule has 5 heteroatoms. The van der Waals surface area contributed by atoms with E-state index in [0.717, 1.165) is 0 Å². The maximum Gasteiger partial charge on any atom is 0.302 e. The first-order valence-corrected chi connectivity index (χ1v) is 3.10. The third-order valence-electron chi connectivity index (χ3n) is 0. The fourth-order valence-corrected chi connectivity index (χ4v) is 0. The second-order valence-corrected chi connectivity index (χ2v) is 2.68. The summed E-state index contributed by atoms with van der Waals surface area (Å²) in [5, 5.41) is 0. The van der Waals surface area contributed by atoms with Gasteiger partial charge < -0.3 is 0 Å². The summed E-state index contributed by atoms with van der Waals surface area (Å²) in [6.45, 7) is -2.39. The number of hydrogen-bond acceptors (Lipinski definition) is 0. The summed E-state index contributed by atoms with van der Waals surface area (Å²) in [5.41, 5.74) is 0. The largest absolute Gasteiger partial charge is 0.302 e. The zero-order valence-electron chi connectivity index (χ0n) is 2.76. The van der Waals surface area contributed by atoms with Crippen LogP contribution in [0.5, 0.6) is 0 Å². The van der Waals surface area contributed by atoms with Gasteiger partial charge in [-0.3, -0.25) is 0 Å². The SMILES string of the molecule is [B][P+]([B])([B])[B]. The van der Waals surface area contributed by atoms with Crippen molar-refractivity contribution in [2.24, 2.45) is 0 Å². The lowest BCUT2D eigenvalue weighted by Gasteiger charge is -1.97. The fourth-order valence-electron chi connectivity index (χ4n) is 0. The Morgan fingerprint density at radius 1 is 0.800 bits per heavy atom. The van der Waals surface area contributed by atoms with E-state index in [9.17, 15) is 0 Å². The van der Waals surface area contributed by atoms with Crippen molar-refractivity contribution in [3.8, 4) is 0 Å². The Morgan fingerprint density at radius 3 is 0.800 bits per heavy atom. The van der Waals surface area contributed by atoms with Crippen molar-refractivity contribution >= 4 is 37.0 Å². The van der Waals surface area contributed by atoms with Gasteiger partial charge in [-0.2, -0.15) is 0 Å². The topological polar surface area (TPSA) is 0 Å². The van der Waals surface area contributed by atoms with Crippen molar-refractivity contribution in [2.45, 2.75) is 0 Å². The highest BCUT2D eigenvalue weighted by Gasteiger charge is 2.06. The highest BCUT2D eigenvalue weighted by Crippen LogP contribution is 2.34. The van der Waals surface area contributed by atoms with E-state index in [1.54, 1.807) is 0 Å². The summed E-state index contributed by atoms with van der Waals surface area (Å²) in [6.07, 6.45) is 0. The molecule has 0 atom stereocenters. The van der Waals surface area contributed by atoms with Gasteiger partial charge in [0.05, 0.1) is 0 Å². The van der Waals surface area contributed by atoms with E-state index >= 15 is 0 Å². The molecule has 0 saturated carbocycles. The third kappa shape index (κ3) is 71.3. The minimum Gasteiger partial charge on any atom is -0.209 e. The predicted octanol–water partition coefficient (Wildman–Crippen LogP) is -0.662. The van der Waals surface area contributed by atoms with Crippen LogP contribution in [-0.4, -0.2) is 30.3 Å². The van der Waals surface area contributed by atoms with Crippen LogP contribution in [0.3, 0.4) is 0 Å². The van der Waals surface area contributed by atoms with Gasteiger partial charge >= 0.3 is 30.3 Å². The van der Waals surface area contributed by atoms with Crippen LogP contribution in [0, 0.1) is 0 Å². The minimum atomic E-state index is -2.39. The summed E-state index contributed by atoms with van der Waals surface area (Å²) in [4.78, 5) is 0. The van der Waals surface area contributed by atoms with Gasteiger partial charge in [-0.05, 0) is 0 Å². The molecule has 5 heavy (non-hydrogen) atoms. The van der Waals surface area contributed by atoms with Crippen LogP contribution in [0.15, 0.2) is 0 Å². The van der Waals surface area contributed by atoms with Crippen LogP contribution in [0.25, 0.3) is 0 Å². The lowest BCUT2D eigenvalue weighted by atomic mass is 10.6. The molecule has 0 aromatic carbocycles. The molecule has 0 aliphatic rings. The van der Waals surface area contributed by atoms with Crippen molar-refractivity contribution in [1.29, 1.82) is 0 Å². The van der Waals surface area contributed by atoms with Gasteiger partial charge in [0.15, 0.2) is 0 Å². The Hall–Kier alpha value is 0.690. The molecule has 0 aromatic rings. The molecule has 0 heterocycles. The first-order chi connectivity index (χ1) is 2.00. The second kappa shape index (κ2) is 1.43. The number of rotatable bonds is 0. The highest BCUT2D eigenvalue weighted by molar-refractivity contribution is 8.42. The van der Waals surface area contributed by atoms with Crippen LogP contribution in [0.4, 0.5) is 0 Å². The van der Waals surface area contributed by atoms with Crippen LogP contribution < -0.4 is 0 Å². The molecule has 0 N–H and O–H groups in total. The van der Waals surface area contributed by atoms with Crippen molar-refractivity contribution < 1.29 is 0 Å². The van der Waals surface area contributed by atoms with Gasteiger partial charge in [0.1, 0.15) is 0 Å². The molecule has 0 rings (SSSR count). The van der Waals surface area contributed by atoms with Gasteiger partial charge in [0.2, 0.25) is 0 Å². The highest BCUT2D eigenvalue weighted by atomic mass is 31.2. The van der Waals surface area contributed by atoms with E-state index in [4.69, 9.17) is 30.3 Å². The molecule has 8 radical (unpaired) electrons. The molecule has 0 bridgehead atoms. The van der Waals surface area contributed by atoms with Crippen LogP contribution in [-0.2, 0) is 0 Å². The molecule has 0 saturated heterocycles. The third-order valence-corrected chi connectivity index (χ3v) is 0. The maximum atomic E-state index is 4.80. The molecule has 0 aliphatic heterocycles. The summed E-state index contributed by atoms with van der Waals surface area (Å²) in [7, 11) is 19.2. The molecule has 0 aromatic heterocycles. The van der Waals surface area contributed by atoms with E-state index in [1.807, 2.05) is 0 Å². The Balaban J connectivity index is 3.02. The van der Waals surface area contributed by atoms with Crippen molar-refractivity contribution in [3.05, 3.63) is 0 Å². The van der Waals surface area contributed by atoms with E-state index in [1.165, 1.54) is 0 Å². The molecule has 0 unspecified atom stereocenters. The van der Waals surface area contributed by atoms with Crippen molar-refractivity contribution in [2.75, 3.05) is 0 Å². The Kier molecular flexibility index (Phi) is 1.62. The molecule has 0 spiro atoms. The molecular weight excluding hydrogens is 74.2 g/mol. The van der Waals surface area contributed by atoms with Gasteiger partial charge in [-0.15, -0.1) is 0 Å². The lowest BCUT2D eigenvalue weighted by molar-refractivity contribution is 4.26. The Morgan fingerprint density at radius 2 is 0.800 bits per heavy atom. The smallest absolute Gasteiger partial charge is 0.209 e. The quantitative estimate of drug-likeness (QED) is 0.264. The van der Waals surface area contributed by atoms with Crippen LogP contribution >= 0.6 is 6.78 Å². The average molecular weight is 74.2 g/mol. The lowest BCUT2D eigenvalue weighted by Crippen LogP contribution is -1.85. The van der Waals surface area contributed by atoms with Gasteiger partial charge in [0, 0.05) is 0 Å². The fraction of sp³-hybridized carbons (Fsp3) is 0. The van der Waals surface area contributed by atoms with E-state index < -0.39 is 6.78 Å². The molecule has 0 fully saturated rings. The molecule has 0 aliphatic carbocycles. The van der Waals surface area contributed by atoms with Gasteiger partial charge in [-0.1, -0.05) is 0 Å². The van der Waals surface area contributed by atoms with E-state index in [0.29, 0.717) is 0 Å². The molecule has 0 nitrogen and oxygen atoms in total. The van der Waals surface area contributed by atoms with Gasteiger partial charge in [-0.25, -0.2) is 6.78 Å². The zero-order valence-corrected chi connectivity index (χ0v) is 3.65. The summed E-state index contributed by atoms with van der Waals surface area (Å²) < 4.78 is 0. The standard InChI is InChI=1S/B4P/c1-5(2,3)4/q+1. The minimum absolute atomic E-state index is 2.39. The first-order valence-electron chi connectivity index (χ1n) is 1.03. The zero-order chi connectivity index (χ0) is 4.50. The summed E-state index contributed by atoms with van der Waals surface area (Å²) in [5.74, 6) is 0. The van der Waals surface area contributed by atoms with Crippen molar-refractivity contribution in [3.63, 3.8) is 0 Å². The Labute approximate surface area is 37.9 Å². The number of hydrogen-bond donors (Lipinski definition) is 0. The average Bonchev–Trinajstić information content (AvgIpc) is 0.722. The molecule has 0 amide bonds. The van der Waals surface area contributed by atoms with E-state index in [-0.39, 0.29) is 0 Å². The molecule has 16 valence electrons. The van der Waals surface area contributed by atoms with Crippen LogP contribution in [0.2, 0.25) is 0 Å². The summed E-state index contributed by atoms with van der Waals surface area (Å²) in [6, 6.07) is 0. The monoisotopic (exact) mass is 75.0 g/mol. The van der Waals surface area contributed by atoms with Crippen molar-refractivity contribution in [1.82, 2.24) is 0 Å². The molecular formula is B4P+. The van der Waals surface area contributed by atoms with Crippen LogP contribution in [0.1, 0.15) is 0 Å². The van der Waals surface area contributed by atoms with Gasteiger partial charge in [0.25, 0.3) is 0 Å². The first kappa shape index (κ1) is 5.69.